The van der Waals surface area contributed by atoms with E-state index in [1.807, 2.05) is 4.90 Å². The molecule has 5 heterocycles. The van der Waals surface area contributed by atoms with Crippen LogP contribution in [0, 0.1) is 17.5 Å². The first-order chi connectivity index (χ1) is 29.4. The number of imide groups is 1. The van der Waals surface area contributed by atoms with E-state index < -0.39 is 29.4 Å². The van der Waals surface area contributed by atoms with Crippen LogP contribution in [0.3, 0.4) is 0 Å². The second-order valence-electron chi connectivity index (χ2n) is 15.9. The number of benzene rings is 3. The number of piperazine rings is 1. The summed E-state index contributed by atoms with van der Waals surface area (Å²) in [6.07, 6.45) is 5.61. The van der Waals surface area contributed by atoms with Crippen LogP contribution >= 0.6 is 23.2 Å². The molecule has 0 aliphatic carbocycles. The van der Waals surface area contributed by atoms with Gasteiger partial charge in [-0.25, -0.2) is 23.1 Å². The van der Waals surface area contributed by atoms with Gasteiger partial charge in [0.15, 0.2) is 5.82 Å². The summed E-state index contributed by atoms with van der Waals surface area (Å²) >= 11 is 12.5. The zero-order chi connectivity index (χ0) is 42.9. The number of nitrogens with one attached hydrogen (secondary N) is 1. The van der Waals surface area contributed by atoms with Crippen molar-refractivity contribution < 1.29 is 37.1 Å². The lowest BCUT2D eigenvalue weighted by molar-refractivity contribution is -0.137. The van der Waals surface area contributed by atoms with Crippen LogP contribution in [-0.4, -0.2) is 107 Å². The number of amides is 4. The van der Waals surface area contributed by atoms with Crippen molar-refractivity contribution in [3.8, 4) is 16.9 Å². The highest BCUT2D eigenvalue weighted by atomic mass is 35.5. The molecule has 4 aliphatic heterocycles. The van der Waals surface area contributed by atoms with Crippen molar-refractivity contribution >= 4 is 63.6 Å². The smallest absolute Gasteiger partial charge is 0.264 e. The summed E-state index contributed by atoms with van der Waals surface area (Å²) in [5, 5.41) is 2.57. The Kier molecular flexibility index (Phi) is 12.5. The van der Waals surface area contributed by atoms with Gasteiger partial charge in [0.1, 0.15) is 41.1 Å². The number of likely N-dealkylation sites (tertiary alicyclic amines) is 1. The van der Waals surface area contributed by atoms with E-state index in [0.29, 0.717) is 49.4 Å². The minimum atomic E-state index is -0.804. The Morgan fingerprint density at radius 1 is 0.934 bits per heavy atom. The molecule has 4 amide bonds. The Balaban J connectivity index is 0.848. The van der Waals surface area contributed by atoms with Crippen LogP contribution < -0.4 is 15.0 Å². The highest BCUT2D eigenvalue weighted by Crippen LogP contribution is 2.43. The zero-order valence-corrected chi connectivity index (χ0v) is 34.8. The highest BCUT2D eigenvalue weighted by molar-refractivity contribution is 6.41. The van der Waals surface area contributed by atoms with Crippen molar-refractivity contribution in [3.05, 3.63) is 93.5 Å². The number of unbranched alkanes of at least 4 members (excludes halogenated alkanes) is 2. The summed E-state index contributed by atoms with van der Waals surface area (Å²) in [5.74, 6) is -2.90. The third-order valence-electron chi connectivity index (χ3n) is 12.2. The number of rotatable bonds is 12. The third kappa shape index (κ3) is 8.64. The predicted octanol–water partition coefficient (Wildman–Crippen LogP) is 6.96. The van der Waals surface area contributed by atoms with Crippen LogP contribution in [0.25, 0.3) is 22.0 Å². The van der Waals surface area contributed by atoms with Crippen LogP contribution in [0.2, 0.25) is 5.02 Å². The largest absolute Gasteiger partial charge is 0.493 e. The second-order valence-corrected chi connectivity index (χ2v) is 16.7. The summed E-state index contributed by atoms with van der Waals surface area (Å²) in [4.78, 5) is 65.7. The number of halogens is 5. The van der Waals surface area contributed by atoms with E-state index in [9.17, 15) is 23.6 Å². The molecule has 12 nitrogen and oxygen atoms in total. The average molecular weight is 879 g/mol. The van der Waals surface area contributed by atoms with Crippen LogP contribution in [0.5, 0.6) is 5.75 Å². The molecule has 0 saturated carbocycles. The third-order valence-corrected chi connectivity index (χ3v) is 12.6. The molecule has 61 heavy (non-hydrogen) atoms. The topological polar surface area (TPSA) is 128 Å². The molecule has 1 unspecified atom stereocenters. The van der Waals surface area contributed by atoms with Gasteiger partial charge in [-0.05, 0) is 106 Å². The first-order valence-corrected chi connectivity index (χ1v) is 21.3. The van der Waals surface area contributed by atoms with Gasteiger partial charge in [0.05, 0.1) is 22.2 Å². The first-order valence-electron chi connectivity index (χ1n) is 20.5. The Bertz CT molecular complexity index is 2420. The number of ether oxygens (including phenoxy) is 1. The van der Waals surface area contributed by atoms with Crippen molar-refractivity contribution in [1.82, 2.24) is 30.0 Å². The Morgan fingerprint density at radius 2 is 1.70 bits per heavy atom. The minimum Gasteiger partial charge on any atom is -0.493 e. The van der Waals surface area contributed by atoms with Crippen LogP contribution in [0.1, 0.15) is 72.3 Å². The molecule has 0 spiro atoms. The maximum absolute atomic E-state index is 16.4. The molecule has 0 bridgehead atoms. The fourth-order valence-corrected chi connectivity index (χ4v) is 9.45. The van der Waals surface area contributed by atoms with Gasteiger partial charge in [-0.3, -0.25) is 24.5 Å². The van der Waals surface area contributed by atoms with Crippen LogP contribution in [-0.2, 0) is 20.9 Å². The van der Waals surface area contributed by atoms with Gasteiger partial charge in [0, 0.05) is 55.7 Å². The van der Waals surface area contributed by atoms with E-state index in [0.717, 1.165) is 56.4 Å². The molecule has 4 aliphatic rings. The lowest BCUT2D eigenvalue weighted by atomic mass is 9.85. The number of anilines is 1. The van der Waals surface area contributed by atoms with Gasteiger partial charge in [-0.1, -0.05) is 35.8 Å². The maximum atomic E-state index is 16.4. The normalized spacial score (nSPS) is 18.8. The number of carbonyl (C=O) groups excluding carboxylic acids is 4. The molecular weight excluding hydrogens is 834 g/mol. The zero-order valence-electron chi connectivity index (χ0n) is 33.3. The Hall–Kier alpha value is -5.25. The Morgan fingerprint density at radius 3 is 2.44 bits per heavy atom. The minimum absolute atomic E-state index is 0.0263. The summed E-state index contributed by atoms with van der Waals surface area (Å²) in [7, 11) is 0. The van der Waals surface area contributed by atoms with Gasteiger partial charge in [-0.15, -0.1) is 0 Å². The first kappa shape index (κ1) is 42.4. The highest BCUT2D eigenvalue weighted by Gasteiger charge is 2.41. The fourth-order valence-electron chi connectivity index (χ4n) is 9.04. The summed E-state index contributed by atoms with van der Waals surface area (Å²) < 4.78 is 52.9. The monoisotopic (exact) mass is 877 g/mol. The molecule has 17 heteroatoms. The van der Waals surface area contributed by atoms with E-state index in [2.05, 4.69) is 26.8 Å². The standard InChI is InChI=1S/C44H44Cl2F3N7O5/c1-25(45)43(59)55-17-15-54(16-18-55)41-30-22-32(46)37(39(49)40(30)50-24-51-41)38-33(48)6-5-7-35(38)61-19-4-2-3-12-53-13-10-26(11-14-53)28-20-27(47)21-29-31(28)23-56(44(29)60)34-8-9-36(57)52-42(34)58/h5-7,20-22,24,26,34H,1-4,8-19,23H2,(H,52,57,58). The van der Waals surface area contributed by atoms with Gasteiger partial charge in [-0.2, -0.15) is 0 Å². The van der Waals surface area contributed by atoms with Crippen molar-refractivity contribution in [1.29, 1.82) is 0 Å². The molecule has 8 rings (SSSR count). The van der Waals surface area contributed by atoms with Gasteiger partial charge < -0.3 is 24.3 Å². The average Bonchev–Trinajstić information content (AvgIpc) is 3.57. The number of piperidine rings is 2. The van der Waals surface area contributed by atoms with Crippen molar-refractivity contribution in [2.45, 2.75) is 63.5 Å². The summed E-state index contributed by atoms with van der Waals surface area (Å²) in [6, 6.07) is 7.86. The lowest BCUT2D eigenvalue weighted by Gasteiger charge is -2.35. The van der Waals surface area contributed by atoms with Gasteiger partial charge >= 0.3 is 0 Å². The van der Waals surface area contributed by atoms with E-state index in [1.165, 1.54) is 41.6 Å². The number of carbonyl (C=O) groups is 4. The lowest BCUT2D eigenvalue weighted by Crippen LogP contribution is -2.52. The van der Waals surface area contributed by atoms with Crippen molar-refractivity contribution in [2.75, 3.05) is 57.3 Å². The Labute approximate surface area is 360 Å². The second kappa shape index (κ2) is 18.0. The van der Waals surface area contributed by atoms with Crippen molar-refractivity contribution in [2.24, 2.45) is 0 Å². The number of aromatic nitrogens is 2. The molecular formula is C44H44Cl2F3N7O5. The molecule has 0 radical (unpaired) electrons. The maximum Gasteiger partial charge on any atom is 0.264 e. The van der Waals surface area contributed by atoms with Gasteiger partial charge in [0.2, 0.25) is 11.8 Å². The molecule has 3 fully saturated rings. The summed E-state index contributed by atoms with van der Waals surface area (Å²) in [5.41, 5.74) is 1.59. The molecule has 4 aromatic rings. The van der Waals surface area contributed by atoms with Crippen LogP contribution in [0.4, 0.5) is 19.0 Å². The molecule has 1 atom stereocenters. The number of nitrogens with zero attached hydrogens (tertiary/aromatic N) is 6. The fraction of sp³-hybridized carbons (Fsp3) is 0.409. The number of fused-ring (bicyclic) bond motifs is 2. The van der Waals surface area contributed by atoms with E-state index >= 15 is 8.78 Å². The van der Waals surface area contributed by atoms with E-state index in [1.54, 1.807) is 11.0 Å². The molecule has 1 N–H and O–H groups in total. The predicted molar refractivity (Wildman–Crippen MR) is 224 cm³/mol. The van der Waals surface area contributed by atoms with E-state index in [4.69, 9.17) is 27.9 Å². The molecule has 320 valence electrons. The van der Waals surface area contributed by atoms with Crippen molar-refractivity contribution in [3.63, 3.8) is 0 Å². The molecule has 1 aromatic heterocycles. The summed E-state index contributed by atoms with van der Waals surface area (Å²) in [6.45, 7) is 7.98. The van der Waals surface area contributed by atoms with E-state index in [-0.39, 0.29) is 82.1 Å². The molecule has 3 aromatic carbocycles. The van der Waals surface area contributed by atoms with Crippen LogP contribution in [0.15, 0.2) is 54.3 Å². The van der Waals surface area contributed by atoms with Gasteiger partial charge in [0.25, 0.3) is 11.8 Å². The number of hydrogen-bond donors (Lipinski definition) is 1. The quantitative estimate of drug-likeness (QED) is 0.0914. The number of hydrogen-bond acceptors (Lipinski definition) is 9. The SMILES string of the molecule is C=C(Cl)C(=O)N1CCN(c2ncnc3c(F)c(-c4c(F)cccc4OCCCCCN4CCC(c5cc(F)cc6c5CN(C5CCC(=O)NC5=O)C6=O)CC4)c(Cl)cc23)CC1. The molecule has 3 saturated heterocycles.